The van der Waals surface area contributed by atoms with Gasteiger partial charge in [-0.2, -0.15) is 8.42 Å². The molecule has 3 aliphatic rings. The standard InChI is InChI=1S/C28H50N2O24S/c1-8(35)29-10(3-31)23(16(38)11(37)4-32)52-28-22(44)25(18(40)14(51-28)7-48-55(45,46)47)54-26-15(30-9(2)36)19(41)24(13(6-34)50-26)53-27-21(43)20(42)17(39)12(5-33)49-27/h10-28,31-34,37-44H,3-7H2,1-2H3,(H,29,35)(H,30,36)(H,45,46,47). The summed E-state index contributed by atoms with van der Waals surface area (Å²) in [5.74, 6) is -1.64. The van der Waals surface area contributed by atoms with E-state index in [1.807, 2.05) is 0 Å². The second-order valence-electron chi connectivity index (χ2n) is 12.9. The van der Waals surface area contributed by atoms with Gasteiger partial charge in [-0.05, 0) is 0 Å². The lowest BCUT2D eigenvalue weighted by atomic mass is 9.94. The molecule has 19 unspecified atom stereocenters. The number of carbonyl (C=O) groups excluding carboxylic acids is 2. The van der Waals surface area contributed by atoms with E-state index in [2.05, 4.69) is 14.8 Å². The first-order valence-electron chi connectivity index (χ1n) is 16.7. The summed E-state index contributed by atoms with van der Waals surface area (Å²) >= 11 is 0. The number of aliphatic hydroxyl groups is 12. The second-order valence-corrected chi connectivity index (χ2v) is 14.0. The van der Waals surface area contributed by atoms with Crippen LogP contribution in [0.4, 0.5) is 0 Å². The van der Waals surface area contributed by atoms with Crippen molar-refractivity contribution < 1.29 is 116 Å². The average molecular weight is 831 g/mol. The van der Waals surface area contributed by atoms with Crippen LogP contribution >= 0.6 is 0 Å². The van der Waals surface area contributed by atoms with Gasteiger partial charge < -0.3 is 100 Å². The molecule has 0 saturated carbocycles. The van der Waals surface area contributed by atoms with Gasteiger partial charge in [-0.25, -0.2) is 4.18 Å². The molecule has 0 aromatic carbocycles. The zero-order chi connectivity index (χ0) is 41.5. The highest BCUT2D eigenvalue weighted by Gasteiger charge is 2.55. The van der Waals surface area contributed by atoms with Gasteiger partial charge in [0.15, 0.2) is 18.9 Å². The fraction of sp³-hybridized carbons (Fsp3) is 0.929. The first-order valence-corrected chi connectivity index (χ1v) is 18.0. The minimum Gasteiger partial charge on any atom is -0.394 e. The van der Waals surface area contributed by atoms with Crippen molar-refractivity contribution in [2.75, 3.05) is 33.0 Å². The van der Waals surface area contributed by atoms with Crippen molar-refractivity contribution in [3.8, 4) is 0 Å². The van der Waals surface area contributed by atoms with Crippen LogP contribution in [-0.2, 0) is 52.6 Å². The third-order valence-electron chi connectivity index (χ3n) is 8.87. The Labute approximate surface area is 312 Å². The first-order chi connectivity index (χ1) is 25.7. The number of hydrogen-bond acceptors (Lipinski definition) is 23. The summed E-state index contributed by atoms with van der Waals surface area (Å²) in [6, 6.07) is -3.35. The van der Waals surface area contributed by atoms with Crippen molar-refractivity contribution in [2.24, 2.45) is 0 Å². The van der Waals surface area contributed by atoms with Crippen molar-refractivity contribution in [1.82, 2.24) is 10.6 Å². The Morgan fingerprint density at radius 1 is 0.691 bits per heavy atom. The van der Waals surface area contributed by atoms with E-state index >= 15 is 0 Å². The first kappa shape index (κ1) is 47.5. The molecule has 19 atom stereocenters. The number of amides is 2. The van der Waals surface area contributed by atoms with Gasteiger partial charge in [0.2, 0.25) is 11.8 Å². The molecule has 55 heavy (non-hydrogen) atoms. The monoisotopic (exact) mass is 830 g/mol. The average Bonchev–Trinajstić information content (AvgIpc) is 3.12. The maximum atomic E-state index is 12.3. The number of hydrogen-bond donors (Lipinski definition) is 15. The van der Waals surface area contributed by atoms with Gasteiger partial charge in [0.1, 0.15) is 91.5 Å². The SMILES string of the molecule is CC(=O)NC(CO)C(OC1OC(COS(=O)(=O)O)C(O)C(OC2OC(CO)C(OC3OC(CO)C(O)C(O)C3O)C(O)C2NC(C)=O)C1O)C(O)C(O)CO. The summed E-state index contributed by atoms with van der Waals surface area (Å²) in [6.07, 6.45) is -33.3. The molecular formula is C28H50N2O24S. The van der Waals surface area contributed by atoms with E-state index in [-0.39, 0.29) is 0 Å². The lowest BCUT2D eigenvalue weighted by molar-refractivity contribution is -0.371. The smallest absolute Gasteiger partial charge is 0.394 e. The fourth-order valence-electron chi connectivity index (χ4n) is 6.08. The normalized spacial score (nSPS) is 39.4. The van der Waals surface area contributed by atoms with E-state index < -0.39 is 172 Å². The predicted octanol–water partition coefficient (Wildman–Crippen LogP) is -10.00. The van der Waals surface area contributed by atoms with Crippen molar-refractivity contribution >= 4 is 22.2 Å². The van der Waals surface area contributed by atoms with Gasteiger partial charge in [-0.1, -0.05) is 0 Å². The topological polar surface area (TPSA) is 420 Å². The molecule has 3 heterocycles. The van der Waals surface area contributed by atoms with Crippen LogP contribution in [0.1, 0.15) is 13.8 Å². The number of aliphatic hydroxyl groups excluding tert-OH is 12. The Morgan fingerprint density at radius 2 is 1.27 bits per heavy atom. The molecule has 322 valence electrons. The molecule has 0 bridgehead atoms. The molecule has 0 aromatic heterocycles. The molecular weight excluding hydrogens is 780 g/mol. The zero-order valence-electron chi connectivity index (χ0n) is 29.2. The zero-order valence-corrected chi connectivity index (χ0v) is 30.0. The molecule has 3 rings (SSSR count). The van der Waals surface area contributed by atoms with Crippen molar-refractivity contribution in [3.63, 3.8) is 0 Å². The maximum absolute atomic E-state index is 12.3. The summed E-state index contributed by atoms with van der Waals surface area (Å²) in [5, 5.41) is 129. The summed E-state index contributed by atoms with van der Waals surface area (Å²) in [7, 11) is -5.21. The molecule has 15 N–H and O–H groups in total. The van der Waals surface area contributed by atoms with Gasteiger partial charge in [0.25, 0.3) is 0 Å². The Bertz CT molecular complexity index is 1330. The highest BCUT2D eigenvalue weighted by Crippen LogP contribution is 2.33. The van der Waals surface area contributed by atoms with Gasteiger partial charge in [0, 0.05) is 13.8 Å². The summed E-state index contributed by atoms with van der Waals surface area (Å²) in [5.41, 5.74) is 0. The van der Waals surface area contributed by atoms with E-state index in [1.54, 1.807) is 0 Å². The van der Waals surface area contributed by atoms with Crippen LogP contribution in [0.2, 0.25) is 0 Å². The van der Waals surface area contributed by atoms with Crippen LogP contribution in [0.15, 0.2) is 0 Å². The minimum absolute atomic E-state index is 0.788. The Balaban J connectivity index is 1.99. The number of rotatable bonds is 18. The molecule has 3 fully saturated rings. The molecule has 0 aliphatic carbocycles. The van der Waals surface area contributed by atoms with Crippen molar-refractivity contribution in [3.05, 3.63) is 0 Å². The van der Waals surface area contributed by atoms with E-state index in [0.717, 1.165) is 13.8 Å². The highest BCUT2D eigenvalue weighted by molar-refractivity contribution is 7.80. The quantitative estimate of drug-likeness (QED) is 0.0570. The van der Waals surface area contributed by atoms with E-state index in [9.17, 15) is 79.3 Å². The van der Waals surface area contributed by atoms with Crippen molar-refractivity contribution in [1.29, 1.82) is 0 Å². The summed E-state index contributed by atoms with van der Waals surface area (Å²) in [4.78, 5) is 24.1. The Morgan fingerprint density at radius 3 is 1.80 bits per heavy atom. The van der Waals surface area contributed by atoms with Gasteiger partial charge in [-0.15, -0.1) is 0 Å². The molecule has 3 saturated heterocycles. The van der Waals surface area contributed by atoms with Gasteiger partial charge >= 0.3 is 10.4 Å². The third-order valence-corrected chi connectivity index (χ3v) is 9.30. The molecule has 3 aliphatic heterocycles. The van der Waals surface area contributed by atoms with E-state index in [4.69, 9.17) is 33.0 Å². The summed E-state index contributed by atoms with van der Waals surface area (Å²) < 4.78 is 69.8. The largest absolute Gasteiger partial charge is 0.397 e. The Kier molecular flexibility index (Phi) is 17.8. The Hall–Kier alpha value is -1.91. The number of ether oxygens (including phenoxy) is 6. The second kappa shape index (κ2) is 20.7. The predicted molar refractivity (Wildman–Crippen MR) is 170 cm³/mol. The molecule has 26 nitrogen and oxygen atoms in total. The molecule has 0 spiro atoms. The molecule has 0 radical (unpaired) electrons. The van der Waals surface area contributed by atoms with Crippen LogP contribution in [-0.4, -0.2) is 236 Å². The number of nitrogens with one attached hydrogen (secondary N) is 2. The molecule has 27 heteroatoms. The van der Waals surface area contributed by atoms with Crippen LogP contribution in [0.5, 0.6) is 0 Å². The van der Waals surface area contributed by atoms with E-state index in [0.29, 0.717) is 0 Å². The fourth-order valence-corrected chi connectivity index (χ4v) is 6.39. The number of carbonyl (C=O) groups is 2. The highest BCUT2D eigenvalue weighted by atomic mass is 32.3. The lowest BCUT2D eigenvalue weighted by Gasteiger charge is -2.49. The van der Waals surface area contributed by atoms with Gasteiger partial charge in [0.05, 0.1) is 39.1 Å². The van der Waals surface area contributed by atoms with Crippen molar-refractivity contribution in [2.45, 2.75) is 130 Å². The minimum atomic E-state index is -5.21. The van der Waals surface area contributed by atoms with Gasteiger partial charge in [-0.3, -0.25) is 14.1 Å². The van der Waals surface area contributed by atoms with Crippen LogP contribution in [0.25, 0.3) is 0 Å². The maximum Gasteiger partial charge on any atom is 0.397 e. The van der Waals surface area contributed by atoms with Crippen LogP contribution in [0, 0.1) is 0 Å². The summed E-state index contributed by atoms with van der Waals surface area (Å²) in [6.45, 7) is -3.16. The molecule has 0 aromatic rings. The van der Waals surface area contributed by atoms with Crippen LogP contribution < -0.4 is 10.6 Å². The van der Waals surface area contributed by atoms with Crippen LogP contribution in [0.3, 0.4) is 0 Å². The van der Waals surface area contributed by atoms with E-state index in [1.165, 1.54) is 0 Å². The molecule has 2 amide bonds. The third kappa shape index (κ3) is 12.1. The lowest BCUT2D eigenvalue weighted by Crippen LogP contribution is -2.69.